The van der Waals surface area contributed by atoms with Crippen LogP contribution in [0.4, 0.5) is 0 Å². The van der Waals surface area contributed by atoms with Crippen LogP contribution in [0, 0.1) is 12.8 Å². The summed E-state index contributed by atoms with van der Waals surface area (Å²) in [5.41, 5.74) is 1.36. The maximum absolute atomic E-state index is 12.3. The van der Waals surface area contributed by atoms with Gasteiger partial charge in [0.05, 0.1) is 21.2 Å². The number of carbonyl (C=O) groups excluding carboxylic acids is 2. The van der Waals surface area contributed by atoms with Crippen LogP contribution in [0.5, 0.6) is 5.75 Å². The number of carbonyl (C=O) groups is 3. The van der Waals surface area contributed by atoms with Gasteiger partial charge in [-0.15, -0.1) is 11.3 Å². The number of carboxylic acid groups (broad SMARTS) is 1. The van der Waals surface area contributed by atoms with Gasteiger partial charge in [-0.3, -0.25) is 14.4 Å². The first kappa shape index (κ1) is 23.1. The lowest BCUT2D eigenvalue weighted by Crippen LogP contribution is -2.34. The molecule has 0 aliphatic heterocycles. The third kappa shape index (κ3) is 6.45. The van der Waals surface area contributed by atoms with Gasteiger partial charge in [0.15, 0.2) is 0 Å². The quantitative estimate of drug-likeness (QED) is 0.514. The molecular weight excluding hydrogens is 440 g/mol. The summed E-state index contributed by atoms with van der Waals surface area (Å²) >= 11 is 7.20. The lowest BCUT2D eigenvalue weighted by molar-refractivity contribution is -0.143. The monoisotopic (exact) mass is 464 g/mol. The number of nitrogens with one attached hydrogen (secondary N) is 2. The molecular formula is C22H25ClN2O5S. The predicted molar refractivity (Wildman–Crippen MR) is 119 cm³/mol. The fourth-order valence-corrected chi connectivity index (χ4v) is 4.54. The maximum atomic E-state index is 12.3. The summed E-state index contributed by atoms with van der Waals surface area (Å²) in [6, 6.07) is 8.58. The molecule has 3 N–H and O–H groups in total. The van der Waals surface area contributed by atoms with Gasteiger partial charge in [-0.25, -0.2) is 0 Å². The van der Waals surface area contributed by atoms with Crippen LogP contribution in [0.25, 0.3) is 0 Å². The van der Waals surface area contributed by atoms with Crippen LogP contribution in [0.1, 0.15) is 51.3 Å². The molecule has 0 bridgehead atoms. The highest BCUT2D eigenvalue weighted by molar-refractivity contribution is 7.18. The van der Waals surface area contributed by atoms with E-state index >= 15 is 0 Å². The van der Waals surface area contributed by atoms with Gasteiger partial charge in [0.2, 0.25) is 0 Å². The van der Waals surface area contributed by atoms with E-state index in [9.17, 15) is 14.4 Å². The zero-order valence-electron chi connectivity index (χ0n) is 17.2. The molecule has 1 heterocycles. The normalized spacial score (nSPS) is 18.3. The summed E-state index contributed by atoms with van der Waals surface area (Å²) < 4.78 is 6.51. The van der Waals surface area contributed by atoms with Crippen molar-refractivity contribution in [2.75, 3.05) is 13.1 Å². The van der Waals surface area contributed by atoms with Crippen LogP contribution in [0.2, 0.25) is 4.34 Å². The smallest absolute Gasteiger partial charge is 0.306 e. The fraction of sp³-hybridized carbons (Fsp3) is 0.409. The highest BCUT2D eigenvalue weighted by Gasteiger charge is 2.26. The third-order valence-corrected chi connectivity index (χ3v) is 6.77. The molecule has 2 amide bonds. The zero-order chi connectivity index (χ0) is 22.4. The first-order valence-electron chi connectivity index (χ1n) is 10.2. The second kappa shape index (κ2) is 10.6. The molecule has 0 unspecified atom stereocenters. The molecule has 0 spiro atoms. The van der Waals surface area contributed by atoms with Crippen molar-refractivity contribution in [3.05, 3.63) is 50.7 Å². The number of benzene rings is 1. The predicted octanol–water partition coefficient (Wildman–Crippen LogP) is 3.89. The molecule has 0 atom stereocenters. The minimum Gasteiger partial charge on any atom is -0.490 e. The first-order valence-corrected chi connectivity index (χ1v) is 11.3. The number of aryl methyl sites for hydroxylation is 1. The van der Waals surface area contributed by atoms with Crippen molar-refractivity contribution >= 4 is 40.7 Å². The zero-order valence-corrected chi connectivity index (χ0v) is 18.7. The van der Waals surface area contributed by atoms with Gasteiger partial charge in [-0.1, -0.05) is 11.6 Å². The molecule has 166 valence electrons. The Morgan fingerprint density at radius 1 is 1.06 bits per heavy atom. The van der Waals surface area contributed by atoms with Crippen LogP contribution in [0.15, 0.2) is 30.3 Å². The number of thiophene rings is 1. The standard InChI is InChI=1S/C22H25ClN2O5S/c1-13-12-18(31-19(13)23)21(27)25-11-10-24-20(26)14-2-6-16(7-3-14)30-17-8-4-15(5-9-17)22(28)29/h2-3,6-7,12,15,17H,4-5,8-11H2,1H3,(H,24,26)(H,25,27)(H,28,29)/t15-,17+. The van der Waals surface area contributed by atoms with Crippen molar-refractivity contribution in [3.8, 4) is 5.75 Å². The number of amides is 2. The maximum Gasteiger partial charge on any atom is 0.306 e. The summed E-state index contributed by atoms with van der Waals surface area (Å²) in [6.45, 7) is 2.45. The van der Waals surface area contributed by atoms with Crippen LogP contribution >= 0.6 is 22.9 Å². The van der Waals surface area contributed by atoms with E-state index in [-0.39, 0.29) is 23.8 Å². The van der Waals surface area contributed by atoms with Gasteiger partial charge in [0.25, 0.3) is 11.8 Å². The molecule has 3 rings (SSSR count). The summed E-state index contributed by atoms with van der Waals surface area (Å²) in [6.07, 6.45) is 2.66. The van der Waals surface area contributed by atoms with Crippen LogP contribution in [-0.2, 0) is 4.79 Å². The van der Waals surface area contributed by atoms with E-state index in [4.69, 9.17) is 21.4 Å². The number of rotatable bonds is 8. The lowest BCUT2D eigenvalue weighted by Gasteiger charge is -2.26. The number of aliphatic carboxylic acids is 1. The van der Waals surface area contributed by atoms with Crippen molar-refractivity contribution in [3.63, 3.8) is 0 Å². The van der Waals surface area contributed by atoms with Crippen molar-refractivity contribution < 1.29 is 24.2 Å². The molecule has 1 aliphatic rings. The van der Waals surface area contributed by atoms with Gasteiger partial charge >= 0.3 is 5.97 Å². The molecule has 1 fully saturated rings. The second-order valence-electron chi connectivity index (χ2n) is 7.53. The average molecular weight is 465 g/mol. The van der Waals surface area contributed by atoms with Crippen LogP contribution in [0.3, 0.4) is 0 Å². The molecule has 1 aliphatic carbocycles. The first-order chi connectivity index (χ1) is 14.8. The Bertz CT molecular complexity index is 916. The highest BCUT2D eigenvalue weighted by atomic mass is 35.5. The van der Waals surface area contributed by atoms with Crippen LogP contribution in [-0.4, -0.2) is 42.1 Å². The Hall–Kier alpha value is -2.58. The van der Waals surface area contributed by atoms with Gasteiger partial charge in [-0.05, 0) is 68.5 Å². The van der Waals surface area contributed by atoms with E-state index in [0.717, 1.165) is 5.56 Å². The minimum absolute atomic E-state index is 0.000835. The Morgan fingerprint density at radius 3 is 2.23 bits per heavy atom. The molecule has 7 nitrogen and oxygen atoms in total. The molecule has 0 saturated heterocycles. The number of carboxylic acids is 1. The molecule has 1 aromatic carbocycles. The minimum atomic E-state index is -0.737. The van der Waals surface area contributed by atoms with E-state index in [2.05, 4.69) is 10.6 Å². The lowest BCUT2D eigenvalue weighted by atomic mass is 9.87. The SMILES string of the molecule is Cc1cc(C(=O)NCCNC(=O)c2ccc(O[C@H]3CC[C@@H](C(=O)O)CC3)cc2)sc1Cl. The Labute approximate surface area is 189 Å². The highest BCUT2D eigenvalue weighted by Crippen LogP contribution is 2.28. The van der Waals surface area contributed by atoms with Crippen molar-refractivity contribution in [2.24, 2.45) is 5.92 Å². The molecule has 1 aromatic heterocycles. The topological polar surface area (TPSA) is 105 Å². The van der Waals surface area contributed by atoms with Crippen molar-refractivity contribution in [1.82, 2.24) is 10.6 Å². The van der Waals surface area contributed by atoms with E-state index in [0.29, 0.717) is 59.3 Å². The fourth-order valence-electron chi connectivity index (χ4n) is 3.42. The van der Waals surface area contributed by atoms with Gasteiger partial charge in [-0.2, -0.15) is 0 Å². The third-order valence-electron chi connectivity index (χ3n) is 5.22. The van der Waals surface area contributed by atoms with Crippen molar-refractivity contribution in [1.29, 1.82) is 0 Å². The van der Waals surface area contributed by atoms with E-state index < -0.39 is 5.97 Å². The molecule has 2 aromatic rings. The number of ether oxygens (including phenoxy) is 1. The summed E-state index contributed by atoms with van der Waals surface area (Å²) in [4.78, 5) is 35.9. The number of hydrogen-bond donors (Lipinski definition) is 3. The Balaban J connectivity index is 1.39. The molecule has 31 heavy (non-hydrogen) atoms. The molecule has 9 heteroatoms. The largest absolute Gasteiger partial charge is 0.490 e. The van der Waals surface area contributed by atoms with Gasteiger partial charge < -0.3 is 20.5 Å². The van der Waals surface area contributed by atoms with E-state index in [1.54, 1.807) is 30.3 Å². The molecule has 1 saturated carbocycles. The Kier molecular flexibility index (Phi) is 7.92. The summed E-state index contributed by atoms with van der Waals surface area (Å²) in [7, 11) is 0. The van der Waals surface area contributed by atoms with E-state index in [1.807, 2.05) is 6.92 Å². The van der Waals surface area contributed by atoms with Crippen LogP contribution < -0.4 is 15.4 Å². The van der Waals surface area contributed by atoms with E-state index in [1.165, 1.54) is 11.3 Å². The van der Waals surface area contributed by atoms with Gasteiger partial charge in [0, 0.05) is 18.7 Å². The van der Waals surface area contributed by atoms with Gasteiger partial charge in [0.1, 0.15) is 5.75 Å². The number of hydrogen-bond acceptors (Lipinski definition) is 5. The number of halogens is 1. The Morgan fingerprint density at radius 2 is 1.68 bits per heavy atom. The molecule has 0 radical (unpaired) electrons. The van der Waals surface area contributed by atoms with Crippen molar-refractivity contribution in [2.45, 2.75) is 38.7 Å². The second-order valence-corrected chi connectivity index (χ2v) is 9.19. The summed E-state index contributed by atoms with van der Waals surface area (Å²) in [5, 5.41) is 14.6. The average Bonchev–Trinajstić information content (AvgIpc) is 3.10. The summed E-state index contributed by atoms with van der Waals surface area (Å²) in [5.74, 6) is -0.805.